The van der Waals surface area contributed by atoms with E-state index in [0.29, 0.717) is 22.1 Å². The number of halogens is 1. The Hall–Kier alpha value is -2.86. The van der Waals surface area contributed by atoms with Crippen molar-refractivity contribution in [3.05, 3.63) is 53.1 Å². The molecule has 1 saturated heterocycles. The number of carbonyl (C=O) groups is 3. The Labute approximate surface area is 175 Å². The third kappa shape index (κ3) is 4.95. The lowest BCUT2D eigenvalue weighted by Gasteiger charge is -2.18. The molecule has 2 aromatic rings. The van der Waals surface area contributed by atoms with Crippen LogP contribution < -0.4 is 15.5 Å². The van der Waals surface area contributed by atoms with Crippen LogP contribution in [0.3, 0.4) is 0 Å². The number of hydrogen-bond acceptors (Lipinski definition) is 3. The van der Waals surface area contributed by atoms with Gasteiger partial charge in [-0.1, -0.05) is 37.6 Å². The minimum absolute atomic E-state index is 0.0936. The highest BCUT2D eigenvalue weighted by Crippen LogP contribution is 2.28. The van der Waals surface area contributed by atoms with Crippen molar-refractivity contribution in [3.8, 4) is 0 Å². The highest BCUT2D eigenvalue weighted by molar-refractivity contribution is 6.31. The number of anilines is 3. The topological polar surface area (TPSA) is 78.5 Å². The first-order chi connectivity index (χ1) is 13.7. The van der Waals surface area contributed by atoms with E-state index in [0.717, 1.165) is 5.56 Å². The smallest absolute Gasteiger partial charge is 0.229 e. The lowest BCUT2D eigenvalue weighted by Crippen LogP contribution is -2.28. The van der Waals surface area contributed by atoms with Crippen LogP contribution in [-0.4, -0.2) is 24.3 Å². The molecule has 152 valence electrons. The molecule has 0 saturated carbocycles. The number of benzene rings is 2. The Kier molecular flexibility index (Phi) is 6.23. The Morgan fingerprint density at radius 2 is 1.83 bits per heavy atom. The Morgan fingerprint density at radius 3 is 2.52 bits per heavy atom. The Bertz CT molecular complexity index is 958. The number of aryl methyl sites for hydroxylation is 1. The van der Waals surface area contributed by atoms with E-state index in [9.17, 15) is 14.4 Å². The third-order valence-corrected chi connectivity index (χ3v) is 5.29. The molecule has 1 aliphatic rings. The molecule has 2 N–H and O–H groups in total. The van der Waals surface area contributed by atoms with E-state index in [-0.39, 0.29) is 36.6 Å². The van der Waals surface area contributed by atoms with Crippen molar-refractivity contribution in [2.75, 3.05) is 22.1 Å². The van der Waals surface area contributed by atoms with Gasteiger partial charge < -0.3 is 15.5 Å². The average molecular weight is 414 g/mol. The standard InChI is InChI=1S/C22H24ClN3O3/c1-13(2)21(28)24-16-5-4-6-18(10-16)26-12-15(9-20(26)27)22(29)25-17-8-7-14(3)19(23)11-17/h4-8,10-11,13,15H,9,12H2,1-3H3,(H,24,28)(H,25,29). The van der Waals surface area contributed by atoms with Gasteiger partial charge in [0, 0.05) is 41.0 Å². The van der Waals surface area contributed by atoms with Gasteiger partial charge in [0.15, 0.2) is 0 Å². The van der Waals surface area contributed by atoms with Gasteiger partial charge in [0.1, 0.15) is 0 Å². The summed E-state index contributed by atoms with van der Waals surface area (Å²) in [6.07, 6.45) is 0.133. The van der Waals surface area contributed by atoms with Crippen LogP contribution in [0.4, 0.5) is 17.1 Å². The fourth-order valence-corrected chi connectivity index (χ4v) is 3.27. The van der Waals surface area contributed by atoms with Crippen molar-refractivity contribution in [2.24, 2.45) is 11.8 Å². The molecule has 1 heterocycles. The van der Waals surface area contributed by atoms with Gasteiger partial charge in [-0.2, -0.15) is 0 Å². The van der Waals surface area contributed by atoms with Crippen molar-refractivity contribution in [1.29, 1.82) is 0 Å². The van der Waals surface area contributed by atoms with E-state index >= 15 is 0 Å². The van der Waals surface area contributed by atoms with Crippen molar-refractivity contribution in [2.45, 2.75) is 27.2 Å². The van der Waals surface area contributed by atoms with Gasteiger partial charge >= 0.3 is 0 Å². The monoisotopic (exact) mass is 413 g/mol. The molecular formula is C22H24ClN3O3. The second-order valence-corrected chi connectivity index (χ2v) is 7.96. The zero-order valence-corrected chi connectivity index (χ0v) is 17.4. The number of amides is 3. The maximum absolute atomic E-state index is 12.6. The predicted octanol–water partition coefficient (Wildman–Crippen LogP) is 4.23. The van der Waals surface area contributed by atoms with Gasteiger partial charge in [-0.3, -0.25) is 14.4 Å². The largest absolute Gasteiger partial charge is 0.326 e. The zero-order chi connectivity index (χ0) is 21.1. The maximum Gasteiger partial charge on any atom is 0.229 e. The summed E-state index contributed by atoms with van der Waals surface area (Å²) in [5.41, 5.74) is 2.81. The van der Waals surface area contributed by atoms with E-state index in [1.807, 2.05) is 26.8 Å². The molecule has 0 spiro atoms. The molecule has 0 aromatic heterocycles. The highest BCUT2D eigenvalue weighted by atomic mass is 35.5. The summed E-state index contributed by atoms with van der Waals surface area (Å²) in [5, 5.41) is 6.24. The van der Waals surface area contributed by atoms with Gasteiger partial charge in [0.05, 0.1) is 5.92 Å². The third-order valence-electron chi connectivity index (χ3n) is 4.88. The summed E-state index contributed by atoms with van der Waals surface area (Å²) >= 11 is 6.11. The van der Waals surface area contributed by atoms with Crippen LogP contribution in [0.2, 0.25) is 5.02 Å². The molecule has 1 unspecified atom stereocenters. The number of hydrogen-bond donors (Lipinski definition) is 2. The maximum atomic E-state index is 12.6. The van der Waals surface area contributed by atoms with Crippen LogP contribution in [0.1, 0.15) is 25.8 Å². The van der Waals surface area contributed by atoms with Gasteiger partial charge in [-0.25, -0.2) is 0 Å². The van der Waals surface area contributed by atoms with Crippen molar-refractivity contribution in [1.82, 2.24) is 0 Å². The van der Waals surface area contributed by atoms with Gasteiger partial charge in [0.25, 0.3) is 0 Å². The van der Waals surface area contributed by atoms with Crippen LogP contribution in [0.15, 0.2) is 42.5 Å². The normalized spacial score (nSPS) is 16.2. The van der Waals surface area contributed by atoms with Crippen molar-refractivity contribution in [3.63, 3.8) is 0 Å². The molecule has 0 radical (unpaired) electrons. The summed E-state index contributed by atoms with van der Waals surface area (Å²) in [5.74, 6) is -1.04. The average Bonchev–Trinajstić information content (AvgIpc) is 3.07. The van der Waals surface area contributed by atoms with Gasteiger partial charge in [-0.15, -0.1) is 0 Å². The predicted molar refractivity (Wildman–Crippen MR) is 115 cm³/mol. The zero-order valence-electron chi connectivity index (χ0n) is 16.7. The quantitative estimate of drug-likeness (QED) is 0.769. The lowest BCUT2D eigenvalue weighted by atomic mass is 10.1. The molecule has 1 fully saturated rings. The first kappa shape index (κ1) is 20.9. The second kappa shape index (κ2) is 8.66. The van der Waals surface area contributed by atoms with E-state index < -0.39 is 5.92 Å². The van der Waals surface area contributed by atoms with Crippen LogP contribution >= 0.6 is 11.6 Å². The Morgan fingerprint density at radius 1 is 1.10 bits per heavy atom. The van der Waals surface area contributed by atoms with E-state index in [2.05, 4.69) is 10.6 Å². The van der Waals surface area contributed by atoms with Crippen LogP contribution in [0.5, 0.6) is 0 Å². The molecule has 0 bridgehead atoms. The summed E-state index contributed by atoms with van der Waals surface area (Å²) in [6.45, 7) is 5.80. The highest BCUT2D eigenvalue weighted by Gasteiger charge is 2.35. The fourth-order valence-electron chi connectivity index (χ4n) is 3.09. The SMILES string of the molecule is Cc1ccc(NC(=O)C2CC(=O)N(c3cccc(NC(=O)C(C)C)c3)C2)cc1Cl. The number of nitrogens with one attached hydrogen (secondary N) is 2. The molecule has 0 aliphatic carbocycles. The van der Waals surface area contributed by atoms with E-state index in [4.69, 9.17) is 11.6 Å². The minimum Gasteiger partial charge on any atom is -0.326 e. The molecule has 7 heteroatoms. The van der Waals surface area contributed by atoms with E-state index in [1.165, 1.54) is 0 Å². The van der Waals surface area contributed by atoms with E-state index in [1.54, 1.807) is 41.3 Å². The fraction of sp³-hybridized carbons (Fsp3) is 0.318. The summed E-state index contributed by atoms with van der Waals surface area (Å²) in [7, 11) is 0. The Balaban J connectivity index is 1.69. The number of nitrogens with zero attached hydrogens (tertiary/aromatic N) is 1. The van der Waals surface area contributed by atoms with Crippen molar-refractivity contribution >= 4 is 46.4 Å². The van der Waals surface area contributed by atoms with Gasteiger partial charge in [0.2, 0.25) is 17.7 Å². The summed E-state index contributed by atoms with van der Waals surface area (Å²) in [4.78, 5) is 38.6. The van der Waals surface area contributed by atoms with Crippen LogP contribution in [0.25, 0.3) is 0 Å². The lowest BCUT2D eigenvalue weighted by molar-refractivity contribution is -0.122. The minimum atomic E-state index is -0.462. The number of carbonyl (C=O) groups excluding carboxylic acids is 3. The first-order valence-corrected chi connectivity index (χ1v) is 9.90. The molecular weight excluding hydrogens is 390 g/mol. The van der Waals surface area contributed by atoms with Crippen LogP contribution in [0, 0.1) is 18.8 Å². The molecule has 1 atom stereocenters. The molecule has 29 heavy (non-hydrogen) atoms. The number of rotatable bonds is 5. The molecule has 1 aliphatic heterocycles. The first-order valence-electron chi connectivity index (χ1n) is 9.53. The molecule has 3 amide bonds. The van der Waals surface area contributed by atoms with Crippen LogP contribution in [-0.2, 0) is 14.4 Å². The summed E-state index contributed by atoms with van der Waals surface area (Å²) < 4.78 is 0. The molecule has 2 aromatic carbocycles. The summed E-state index contributed by atoms with van der Waals surface area (Å²) in [6, 6.07) is 12.4. The molecule has 3 rings (SSSR count). The van der Waals surface area contributed by atoms with Crippen molar-refractivity contribution < 1.29 is 14.4 Å². The molecule has 6 nitrogen and oxygen atoms in total. The second-order valence-electron chi connectivity index (χ2n) is 7.55. The van der Waals surface area contributed by atoms with Gasteiger partial charge in [-0.05, 0) is 42.8 Å².